The third-order valence-electron chi connectivity index (χ3n) is 2.46. The van der Waals surface area contributed by atoms with Crippen LogP contribution >= 0.6 is 0 Å². The highest BCUT2D eigenvalue weighted by Gasteiger charge is 2.16. The lowest BCUT2D eigenvalue weighted by molar-refractivity contribution is 0.336. The highest BCUT2D eigenvalue weighted by Crippen LogP contribution is 2.23. The zero-order valence-electron chi connectivity index (χ0n) is 10.9. The third-order valence-corrected chi connectivity index (χ3v) is 4.22. The number of hydrogen-bond donors (Lipinski definition) is 2. The molecule has 5 nitrogen and oxygen atoms in total. The first-order valence-corrected chi connectivity index (χ1v) is 7.42. The molecule has 0 radical (unpaired) electrons. The SMILES string of the molecule is CCOc1ccc(NS(=O)(=O)C(C)C)cc1CN. The molecule has 1 aromatic rings. The van der Waals surface area contributed by atoms with E-state index in [1.807, 2.05) is 6.92 Å². The second-order valence-corrected chi connectivity index (χ2v) is 6.39. The fourth-order valence-electron chi connectivity index (χ4n) is 1.38. The minimum atomic E-state index is -3.33. The van der Waals surface area contributed by atoms with Gasteiger partial charge in [-0.2, -0.15) is 0 Å². The Hall–Kier alpha value is -1.27. The molecule has 18 heavy (non-hydrogen) atoms. The van der Waals surface area contributed by atoms with E-state index < -0.39 is 15.3 Å². The standard InChI is InChI=1S/C12H20N2O3S/c1-4-17-12-6-5-11(7-10(12)8-13)14-18(15,16)9(2)3/h5-7,9,14H,4,8,13H2,1-3H3. The van der Waals surface area contributed by atoms with E-state index in [4.69, 9.17) is 10.5 Å². The van der Waals surface area contributed by atoms with Crippen molar-refractivity contribution in [2.45, 2.75) is 32.6 Å². The van der Waals surface area contributed by atoms with Gasteiger partial charge in [-0.3, -0.25) is 4.72 Å². The fourth-order valence-corrected chi connectivity index (χ4v) is 2.07. The van der Waals surface area contributed by atoms with E-state index in [1.165, 1.54) is 0 Å². The summed E-state index contributed by atoms with van der Waals surface area (Å²) in [7, 11) is -3.33. The van der Waals surface area contributed by atoms with Crippen LogP contribution < -0.4 is 15.2 Å². The summed E-state index contributed by atoms with van der Waals surface area (Å²) in [6, 6.07) is 5.10. The second kappa shape index (κ2) is 6.06. The Labute approximate surface area is 108 Å². The number of nitrogens with two attached hydrogens (primary N) is 1. The van der Waals surface area contributed by atoms with Crippen LogP contribution in [0.2, 0.25) is 0 Å². The summed E-state index contributed by atoms with van der Waals surface area (Å²) in [5.74, 6) is 0.687. The van der Waals surface area contributed by atoms with Crippen molar-refractivity contribution in [2.75, 3.05) is 11.3 Å². The maximum absolute atomic E-state index is 11.7. The predicted octanol–water partition coefficient (Wildman–Crippen LogP) is 1.69. The summed E-state index contributed by atoms with van der Waals surface area (Å²) in [5, 5.41) is -0.481. The summed E-state index contributed by atoms with van der Waals surface area (Å²) in [5.41, 5.74) is 6.90. The Bertz CT molecular complexity index is 498. The van der Waals surface area contributed by atoms with Crippen molar-refractivity contribution < 1.29 is 13.2 Å². The van der Waals surface area contributed by atoms with E-state index in [1.54, 1.807) is 32.0 Å². The predicted molar refractivity (Wildman–Crippen MR) is 73.2 cm³/mol. The van der Waals surface area contributed by atoms with Crippen LogP contribution in [0.25, 0.3) is 0 Å². The van der Waals surface area contributed by atoms with E-state index in [2.05, 4.69) is 4.72 Å². The highest BCUT2D eigenvalue weighted by atomic mass is 32.2. The minimum absolute atomic E-state index is 0.298. The van der Waals surface area contributed by atoms with Crippen molar-refractivity contribution >= 4 is 15.7 Å². The van der Waals surface area contributed by atoms with Crippen LogP contribution in [0.3, 0.4) is 0 Å². The molecule has 0 aliphatic rings. The number of rotatable bonds is 6. The summed E-state index contributed by atoms with van der Waals surface area (Å²) in [4.78, 5) is 0. The van der Waals surface area contributed by atoms with Crippen LogP contribution in [0.15, 0.2) is 18.2 Å². The van der Waals surface area contributed by atoms with Gasteiger partial charge in [0.05, 0.1) is 11.9 Å². The number of anilines is 1. The average Bonchev–Trinajstić information content (AvgIpc) is 2.30. The summed E-state index contributed by atoms with van der Waals surface area (Å²) < 4.78 is 31.4. The maximum Gasteiger partial charge on any atom is 0.235 e. The van der Waals surface area contributed by atoms with Gasteiger partial charge in [0.1, 0.15) is 5.75 Å². The lowest BCUT2D eigenvalue weighted by Gasteiger charge is -2.14. The molecule has 0 amide bonds. The first-order chi connectivity index (χ1) is 8.40. The topological polar surface area (TPSA) is 81.4 Å². The van der Waals surface area contributed by atoms with E-state index in [0.717, 1.165) is 5.56 Å². The number of sulfonamides is 1. The summed E-state index contributed by atoms with van der Waals surface area (Å²) >= 11 is 0. The maximum atomic E-state index is 11.7. The molecule has 0 bridgehead atoms. The van der Waals surface area contributed by atoms with Gasteiger partial charge in [0, 0.05) is 17.8 Å². The lowest BCUT2D eigenvalue weighted by atomic mass is 10.2. The molecule has 0 heterocycles. The zero-order valence-corrected chi connectivity index (χ0v) is 11.8. The molecule has 0 aromatic heterocycles. The minimum Gasteiger partial charge on any atom is -0.494 e. The molecule has 0 atom stereocenters. The monoisotopic (exact) mass is 272 g/mol. The first kappa shape index (κ1) is 14.8. The van der Waals surface area contributed by atoms with Crippen molar-refractivity contribution in [2.24, 2.45) is 5.73 Å². The molecule has 0 saturated heterocycles. The molecule has 0 unspecified atom stereocenters. The quantitative estimate of drug-likeness (QED) is 0.825. The van der Waals surface area contributed by atoms with Crippen molar-refractivity contribution in [1.29, 1.82) is 0 Å². The van der Waals surface area contributed by atoms with Gasteiger partial charge in [0.15, 0.2) is 0 Å². The fraction of sp³-hybridized carbons (Fsp3) is 0.500. The van der Waals surface area contributed by atoms with E-state index in [9.17, 15) is 8.42 Å². The van der Waals surface area contributed by atoms with Gasteiger partial charge in [0.25, 0.3) is 0 Å². The number of ether oxygens (including phenoxy) is 1. The number of hydrogen-bond acceptors (Lipinski definition) is 4. The Morgan fingerprint density at radius 1 is 1.39 bits per heavy atom. The largest absolute Gasteiger partial charge is 0.494 e. The van der Waals surface area contributed by atoms with Gasteiger partial charge < -0.3 is 10.5 Å². The zero-order chi connectivity index (χ0) is 13.8. The van der Waals surface area contributed by atoms with Crippen LogP contribution in [0.1, 0.15) is 26.3 Å². The molecular weight excluding hydrogens is 252 g/mol. The molecule has 1 aromatic carbocycles. The first-order valence-electron chi connectivity index (χ1n) is 5.88. The molecule has 1 rings (SSSR count). The van der Waals surface area contributed by atoms with Crippen molar-refractivity contribution in [3.63, 3.8) is 0 Å². The summed E-state index contributed by atoms with van der Waals surface area (Å²) in [6.07, 6.45) is 0. The van der Waals surface area contributed by atoms with Gasteiger partial charge >= 0.3 is 0 Å². The van der Waals surface area contributed by atoms with Crippen molar-refractivity contribution in [3.8, 4) is 5.75 Å². The Morgan fingerprint density at radius 2 is 2.06 bits per heavy atom. The lowest BCUT2D eigenvalue weighted by Crippen LogP contribution is -2.22. The molecule has 3 N–H and O–H groups in total. The number of nitrogens with one attached hydrogen (secondary N) is 1. The highest BCUT2D eigenvalue weighted by molar-refractivity contribution is 7.93. The molecule has 0 aliphatic heterocycles. The van der Waals surface area contributed by atoms with Crippen LogP contribution in [-0.2, 0) is 16.6 Å². The van der Waals surface area contributed by atoms with Crippen LogP contribution in [-0.4, -0.2) is 20.3 Å². The van der Waals surface area contributed by atoms with Gasteiger partial charge in [-0.15, -0.1) is 0 Å². The van der Waals surface area contributed by atoms with E-state index in [-0.39, 0.29) is 0 Å². The van der Waals surface area contributed by atoms with Gasteiger partial charge in [-0.1, -0.05) is 0 Å². The smallest absolute Gasteiger partial charge is 0.235 e. The molecule has 0 spiro atoms. The average molecular weight is 272 g/mol. The summed E-state index contributed by atoms with van der Waals surface area (Å²) in [6.45, 7) is 5.98. The van der Waals surface area contributed by atoms with Crippen molar-refractivity contribution in [3.05, 3.63) is 23.8 Å². The van der Waals surface area contributed by atoms with Crippen LogP contribution in [0.5, 0.6) is 5.75 Å². The number of benzene rings is 1. The molecule has 102 valence electrons. The van der Waals surface area contributed by atoms with Gasteiger partial charge in [-0.25, -0.2) is 8.42 Å². The van der Waals surface area contributed by atoms with E-state index >= 15 is 0 Å². The molecule has 6 heteroatoms. The van der Waals surface area contributed by atoms with E-state index in [0.29, 0.717) is 24.6 Å². The third kappa shape index (κ3) is 3.61. The van der Waals surface area contributed by atoms with Gasteiger partial charge in [-0.05, 0) is 39.0 Å². The normalized spacial score (nSPS) is 11.6. The molecule has 0 aliphatic carbocycles. The van der Waals surface area contributed by atoms with Gasteiger partial charge in [0.2, 0.25) is 10.0 Å². The molecule has 0 saturated carbocycles. The Balaban J connectivity index is 2.99. The van der Waals surface area contributed by atoms with Crippen molar-refractivity contribution in [1.82, 2.24) is 0 Å². The van der Waals surface area contributed by atoms with Crippen LogP contribution in [0, 0.1) is 0 Å². The molecular formula is C12H20N2O3S. The molecule has 0 fully saturated rings. The second-order valence-electron chi connectivity index (χ2n) is 4.16. The Morgan fingerprint density at radius 3 is 2.56 bits per heavy atom. The van der Waals surface area contributed by atoms with Crippen LogP contribution in [0.4, 0.5) is 5.69 Å². The Kier molecular flexibility index (Phi) is 4.98.